The molecule has 2 amide bonds. The molecule has 0 bridgehead atoms. The van der Waals surface area contributed by atoms with Crippen LogP contribution >= 0.6 is 0 Å². The van der Waals surface area contributed by atoms with E-state index in [2.05, 4.69) is 10.1 Å². The van der Waals surface area contributed by atoms with E-state index in [4.69, 9.17) is 0 Å². The van der Waals surface area contributed by atoms with Gasteiger partial charge in [-0.3, -0.25) is 4.79 Å². The van der Waals surface area contributed by atoms with Crippen LogP contribution < -0.4 is 10.6 Å². The van der Waals surface area contributed by atoms with Crippen LogP contribution in [0.3, 0.4) is 0 Å². The van der Waals surface area contributed by atoms with Gasteiger partial charge in [0.2, 0.25) is 5.91 Å². The highest BCUT2D eigenvalue weighted by molar-refractivity contribution is 5.82. The number of amides is 2. The van der Waals surface area contributed by atoms with Crippen LogP contribution in [0.4, 0.5) is 18.0 Å². The fourth-order valence-corrected chi connectivity index (χ4v) is 1.37. The molecule has 1 aliphatic heterocycles. The number of alkyl halides is 3. The van der Waals surface area contributed by atoms with Crippen molar-refractivity contribution in [1.29, 1.82) is 0 Å². The Bertz CT molecular complexity index is 303. The van der Waals surface area contributed by atoms with Crippen molar-refractivity contribution < 1.29 is 27.5 Å². The fourth-order valence-electron chi connectivity index (χ4n) is 1.37. The van der Waals surface area contributed by atoms with Crippen LogP contribution in [0.25, 0.3) is 0 Å². The summed E-state index contributed by atoms with van der Waals surface area (Å²) in [5.41, 5.74) is 0. The third-order valence-electron chi connectivity index (χ3n) is 2.22. The lowest BCUT2D eigenvalue weighted by Crippen LogP contribution is -2.49. The zero-order valence-corrected chi connectivity index (χ0v) is 9.55. The number of carbonyl (C=O) groups is 2. The number of hydrogen-bond donors (Lipinski definition) is 2. The fraction of sp³-hybridized carbons (Fsp3) is 0.778. The van der Waals surface area contributed by atoms with E-state index in [0.29, 0.717) is 26.2 Å². The molecule has 0 radical (unpaired) electrons. The molecule has 0 unspecified atom stereocenters. The molecule has 0 aliphatic carbocycles. The van der Waals surface area contributed by atoms with Crippen molar-refractivity contribution in [2.75, 3.05) is 39.3 Å². The standard InChI is InChI=1S/C9H14F3N3O3/c10-9(11,12)6-18-8(17)14-5-7(16)15-3-1-13-2-4-15/h13H,1-6H2,(H,14,17). The summed E-state index contributed by atoms with van der Waals surface area (Å²) in [5.74, 6) is -0.347. The van der Waals surface area contributed by atoms with E-state index >= 15 is 0 Å². The summed E-state index contributed by atoms with van der Waals surface area (Å²) < 4.78 is 39.0. The van der Waals surface area contributed by atoms with Gasteiger partial charge in [-0.15, -0.1) is 0 Å². The summed E-state index contributed by atoms with van der Waals surface area (Å²) in [6.07, 6.45) is -5.82. The molecule has 0 spiro atoms. The number of halogens is 3. The molecule has 1 rings (SSSR count). The summed E-state index contributed by atoms with van der Waals surface area (Å²) in [7, 11) is 0. The van der Waals surface area contributed by atoms with Gasteiger partial charge in [0.05, 0.1) is 0 Å². The van der Waals surface area contributed by atoms with Gasteiger partial charge < -0.3 is 20.3 Å². The SMILES string of the molecule is O=C(NCC(=O)N1CCNCC1)OCC(F)(F)F. The molecular weight excluding hydrogens is 255 g/mol. The Morgan fingerprint density at radius 2 is 1.89 bits per heavy atom. The number of nitrogens with zero attached hydrogens (tertiary/aromatic N) is 1. The van der Waals surface area contributed by atoms with Gasteiger partial charge in [0.15, 0.2) is 6.61 Å². The summed E-state index contributed by atoms with van der Waals surface area (Å²) in [6, 6.07) is 0. The van der Waals surface area contributed by atoms with Crippen LogP contribution in [0.5, 0.6) is 0 Å². The van der Waals surface area contributed by atoms with Crippen molar-refractivity contribution in [3.63, 3.8) is 0 Å². The molecule has 1 heterocycles. The minimum absolute atomic E-state index is 0.347. The molecule has 6 nitrogen and oxygen atoms in total. The Morgan fingerprint density at radius 3 is 2.44 bits per heavy atom. The molecular formula is C9H14F3N3O3. The van der Waals surface area contributed by atoms with E-state index in [9.17, 15) is 22.8 Å². The molecule has 0 aromatic heterocycles. The molecule has 0 atom stereocenters. The molecule has 1 saturated heterocycles. The summed E-state index contributed by atoms with van der Waals surface area (Å²) in [6.45, 7) is 0.308. The van der Waals surface area contributed by atoms with E-state index in [1.54, 1.807) is 0 Å². The maximum absolute atomic E-state index is 11.7. The lowest BCUT2D eigenvalue weighted by atomic mass is 10.3. The summed E-state index contributed by atoms with van der Waals surface area (Å²) >= 11 is 0. The Kier molecular flexibility index (Phi) is 5.20. The molecule has 1 fully saturated rings. The van der Waals surface area contributed by atoms with Crippen molar-refractivity contribution in [1.82, 2.24) is 15.5 Å². The third-order valence-corrected chi connectivity index (χ3v) is 2.22. The molecule has 9 heteroatoms. The monoisotopic (exact) mass is 269 g/mol. The topological polar surface area (TPSA) is 70.7 Å². The van der Waals surface area contributed by atoms with E-state index in [0.717, 1.165) is 0 Å². The van der Waals surface area contributed by atoms with Crippen molar-refractivity contribution in [3.05, 3.63) is 0 Å². The lowest BCUT2D eigenvalue weighted by molar-refractivity contribution is -0.160. The molecule has 104 valence electrons. The summed E-state index contributed by atoms with van der Waals surface area (Å²) in [5, 5.41) is 5.02. The van der Waals surface area contributed by atoms with E-state index in [1.807, 2.05) is 5.32 Å². The largest absolute Gasteiger partial charge is 0.440 e. The van der Waals surface area contributed by atoms with Gasteiger partial charge in [0.25, 0.3) is 0 Å². The Hall–Kier alpha value is -1.51. The van der Waals surface area contributed by atoms with Crippen molar-refractivity contribution >= 4 is 12.0 Å². The van der Waals surface area contributed by atoms with Gasteiger partial charge in [-0.25, -0.2) is 4.79 Å². The van der Waals surface area contributed by atoms with Gasteiger partial charge in [0.1, 0.15) is 6.54 Å². The Balaban J connectivity index is 2.19. The van der Waals surface area contributed by atoms with Crippen LogP contribution in [0.2, 0.25) is 0 Å². The maximum atomic E-state index is 11.7. The zero-order chi connectivity index (χ0) is 13.6. The van der Waals surface area contributed by atoms with Crippen LogP contribution in [0.15, 0.2) is 0 Å². The van der Waals surface area contributed by atoms with Crippen molar-refractivity contribution in [2.45, 2.75) is 6.18 Å². The molecule has 2 N–H and O–H groups in total. The Morgan fingerprint density at radius 1 is 1.28 bits per heavy atom. The lowest BCUT2D eigenvalue weighted by Gasteiger charge is -2.27. The van der Waals surface area contributed by atoms with E-state index in [1.165, 1.54) is 4.90 Å². The number of rotatable bonds is 3. The number of ether oxygens (including phenoxy) is 1. The highest BCUT2D eigenvalue weighted by atomic mass is 19.4. The molecule has 0 aromatic carbocycles. The van der Waals surface area contributed by atoms with Crippen LogP contribution in [0, 0.1) is 0 Å². The number of piperazine rings is 1. The number of alkyl carbamates (subject to hydrolysis) is 1. The average Bonchev–Trinajstić information content (AvgIpc) is 2.33. The van der Waals surface area contributed by atoms with E-state index < -0.39 is 18.9 Å². The number of hydrogen-bond acceptors (Lipinski definition) is 4. The first-order valence-electron chi connectivity index (χ1n) is 5.34. The number of nitrogens with one attached hydrogen (secondary N) is 2. The Labute approximate surface area is 101 Å². The molecule has 1 aliphatic rings. The normalized spacial score (nSPS) is 16.3. The second-order valence-electron chi connectivity index (χ2n) is 3.68. The highest BCUT2D eigenvalue weighted by Gasteiger charge is 2.29. The van der Waals surface area contributed by atoms with Crippen molar-refractivity contribution in [3.8, 4) is 0 Å². The van der Waals surface area contributed by atoms with Gasteiger partial charge >= 0.3 is 12.3 Å². The van der Waals surface area contributed by atoms with Crippen molar-refractivity contribution in [2.24, 2.45) is 0 Å². The molecule has 18 heavy (non-hydrogen) atoms. The first kappa shape index (κ1) is 14.6. The first-order valence-corrected chi connectivity index (χ1v) is 5.34. The minimum atomic E-state index is -4.57. The second-order valence-corrected chi connectivity index (χ2v) is 3.68. The summed E-state index contributed by atoms with van der Waals surface area (Å²) in [4.78, 5) is 23.9. The number of carbonyl (C=O) groups excluding carboxylic acids is 2. The van der Waals surface area contributed by atoms with Crippen LogP contribution in [0.1, 0.15) is 0 Å². The quantitative estimate of drug-likeness (QED) is 0.738. The van der Waals surface area contributed by atoms with Gasteiger partial charge in [0, 0.05) is 26.2 Å². The molecule has 0 saturated carbocycles. The minimum Gasteiger partial charge on any atom is -0.440 e. The smallest absolute Gasteiger partial charge is 0.422 e. The third kappa shape index (κ3) is 5.71. The van der Waals surface area contributed by atoms with Crippen LogP contribution in [-0.4, -0.2) is 62.4 Å². The zero-order valence-electron chi connectivity index (χ0n) is 9.55. The predicted molar refractivity (Wildman–Crippen MR) is 54.9 cm³/mol. The maximum Gasteiger partial charge on any atom is 0.422 e. The second kappa shape index (κ2) is 6.43. The average molecular weight is 269 g/mol. The predicted octanol–water partition coefficient (Wildman–Crippen LogP) is -0.293. The highest BCUT2D eigenvalue weighted by Crippen LogP contribution is 2.14. The van der Waals surface area contributed by atoms with Crippen LogP contribution in [-0.2, 0) is 9.53 Å². The molecule has 0 aromatic rings. The van der Waals surface area contributed by atoms with Gasteiger partial charge in [-0.1, -0.05) is 0 Å². The van der Waals surface area contributed by atoms with Gasteiger partial charge in [-0.05, 0) is 0 Å². The van der Waals surface area contributed by atoms with Gasteiger partial charge in [-0.2, -0.15) is 13.2 Å². The van der Waals surface area contributed by atoms with E-state index in [-0.39, 0.29) is 12.5 Å². The first-order chi connectivity index (χ1) is 8.38.